The third-order valence-corrected chi connectivity index (χ3v) is 3.07. The molecule has 1 aromatic rings. The molecule has 0 aromatic carbocycles. The Morgan fingerprint density at radius 3 is 2.68 bits per heavy atom. The summed E-state index contributed by atoms with van der Waals surface area (Å²) in [5, 5.41) is 5.65. The SMILES string of the molecule is CNCC(=O)NCc1ccc(N2CCCC2)nc1.Cl. The molecule has 1 aromatic heterocycles. The van der Waals surface area contributed by atoms with E-state index in [-0.39, 0.29) is 18.3 Å². The molecular weight excluding hydrogens is 264 g/mol. The molecule has 2 rings (SSSR count). The van der Waals surface area contributed by atoms with Crippen LogP contribution in [0.15, 0.2) is 18.3 Å². The van der Waals surface area contributed by atoms with Gasteiger partial charge in [0, 0.05) is 25.8 Å². The van der Waals surface area contributed by atoms with Gasteiger partial charge in [-0.3, -0.25) is 4.79 Å². The second kappa shape index (κ2) is 7.96. The van der Waals surface area contributed by atoms with E-state index in [4.69, 9.17) is 0 Å². The second-order valence-electron chi connectivity index (χ2n) is 4.53. The fourth-order valence-corrected chi connectivity index (χ4v) is 2.08. The Morgan fingerprint density at radius 1 is 1.37 bits per heavy atom. The number of rotatable bonds is 5. The second-order valence-corrected chi connectivity index (χ2v) is 4.53. The summed E-state index contributed by atoms with van der Waals surface area (Å²) in [5.74, 6) is 1.04. The minimum atomic E-state index is 0. The molecule has 1 fully saturated rings. The van der Waals surface area contributed by atoms with Crippen molar-refractivity contribution in [3.63, 3.8) is 0 Å². The summed E-state index contributed by atoms with van der Waals surface area (Å²) in [7, 11) is 1.76. The van der Waals surface area contributed by atoms with Crippen LogP contribution in [0.25, 0.3) is 0 Å². The number of nitrogens with one attached hydrogen (secondary N) is 2. The van der Waals surface area contributed by atoms with Gasteiger partial charge in [-0.15, -0.1) is 12.4 Å². The molecule has 0 saturated carbocycles. The molecule has 0 spiro atoms. The van der Waals surface area contributed by atoms with Gasteiger partial charge >= 0.3 is 0 Å². The summed E-state index contributed by atoms with van der Waals surface area (Å²) in [6.07, 6.45) is 4.35. The van der Waals surface area contributed by atoms with Gasteiger partial charge in [-0.1, -0.05) is 6.07 Å². The van der Waals surface area contributed by atoms with Crippen molar-refractivity contribution >= 4 is 24.1 Å². The molecule has 0 radical (unpaired) electrons. The van der Waals surface area contributed by atoms with Gasteiger partial charge in [0.25, 0.3) is 0 Å². The standard InChI is InChI=1S/C13H20N4O.ClH/c1-14-10-13(18)16-9-11-4-5-12(15-8-11)17-6-2-3-7-17;/h4-5,8,14H,2-3,6-7,9-10H2,1H3,(H,16,18);1H. The third-order valence-electron chi connectivity index (χ3n) is 3.07. The molecule has 1 aliphatic heterocycles. The Labute approximate surface area is 120 Å². The molecule has 5 nitrogen and oxygen atoms in total. The highest BCUT2D eigenvalue weighted by Crippen LogP contribution is 2.17. The van der Waals surface area contributed by atoms with E-state index in [0.29, 0.717) is 13.1 Å². The summed E-state index contributed by atoms with van der Waals surface area (Å²) in [4.78, 5) is 18.0. The van der Waals surface area contributed by atoms with Gasteiger partial charge < -0.3 is 15.5 Å². The zero-order valence-electron chi connectivity index (χ0n) is 11.2. The number of anilines is 1. The number of carbonyl (C=O) groups excluding carboxylic acids is 1. The van der Waals surface area contributed by atoms with Crippen molar-refractivity contribution < 1.29 is 4.79 Å². The molecule has 0 unspecified atom stereocenters. The molecule has 106 valence electrons. The quantitative estimate of drug-likeness (QED) is 0.845. The first-order valence-corrected chi connectivity index (χ1v) is 6.41. The van der Waals surface area contributed by atoms with Crippen LogP contribution in [-0.2, 0) is 11.3 Å². The molecular formula is C13H21ClN4O. The maximum absolute atomic E-state index is 11.3. The fraction of sp³-hybridized carbons (Fsp3) is 0.538. The Hall–Kier alpha value is -1.33. The first-order valence-electron chi connectivity index (χ1n) is 6.41. The summed E-state index contributed by atoms with van der Waals surface area (Å²) < 4.78 is 0. The zero-order valence-corrected chi connectivity index (χ0v) is 12.0. The van der Waals surface area contributed by atoms with Gasteiger partial charge in [0.15, 0.2) is 0 Å². The molecule has 0 bridgehead atoms. The molecule has 1 amide bonds. The number of hydrogen-bond acceptors (Lipinski definition) is 4. The highest BCUT2D eigenvalue weighted by molar-refractivity contribution is 5.85. The van der Waals surface area contributed by atoms with Crippen molar-refractivity contribution in [1.29, 1.82) is 0 Å². The van der Waals surface area contributed by atoms with E-state index in [9.17, 15) is 4.79 Å². The molecule has 1 aliphatic rings. The monoisotopic (exact) mass is 284 g/mol. The molecule has 2 N–H and O–H groups in total. The lowest BCUT2D eigenvalue weighted by Gasteiger charge is -2.16. The molecule has 0 atom stereocenters. The molecule has 0 aliphatic carbocycles. The van der Waals surface area contributed by atoms with Crippen molar-refractivity contribution in [3.05, 3.63) is 23.9 Å². The number of hydrogen-bond donors (Lipinski definition) is 2. The van der Waals surface area contributed by atoms with Crippen LogP contribution in [0, 0.1) is 0 Å². The summed E-state index contributed by atoms with van der Waals surface area (Å²) in [6, 6.07) is 4.06. The van der Waals surface area contributed by atoms with E-state index in [2.05, 4.69) is 20.5 Å². The Morgan fingerprint density at radius 2 is 2.11 bits per heavy atom. The predicted molar refractivity (Wildman–Crippen MR) is 78.7 cm³/mol. The number of likely N-dealkylation sites (N-methyl/N-ethyl adjacent to an activating group) is 1. The number of halogens is 1. The average Bonchev–Trinajstić information content (AvgIpc) is 2.91. The van der Waals surface area contributed by atoms with Crippen LogP contribution >= 0.6 is 12.4 Å². The van der Waals surface area contributed by atoms with Crippen LogP contribution in [0.4, 0.5) is 5.82 Å². The lowest BCUT2D eigenvalue weighted by molar-refractivity contribution is -0.120. The van der Waals surface area contributed by atoms with Crippen LogP contribution < -0.4 is 15.5 Å². The Bertz CT molecular complexity index is 390. The topological polar surface area (TPSA) is 57.3 Å². The Balaban J connectivity index is 0.00000180. The van der Waals surface area contributed by atoms with Crippen LogP contribution in [0.3, 0.4) is 0 Å². The van der Waals surface area contributed by atoms with Crippen LogP contribution in [0.1, 0.15) is 18.4 Å². The highest BCUT2D eigenvalue weighted by atomic mass is 35.5. The van der Waals surface area contributed by atoms with Gasteiger partial charge in [-0.2, -0.15) is 0 Å². The smallest absolute Gasteiger partial charge is 0.234 e. The Kier molecular flexibility index (Phi) is 6.59. The lowest BCUT2D eigenvalue weighted by atomic mass is 10.2. The van der Waals surface area contributed by atoms with E-state index >= 15 is 0 Å². The number of pyridine rings is 1. The van der Waals surface area contributed by atoms with E-state index in [0.717, 1.165) is 24.5 Å². The largest absolute Gasteiger partial charge is 0.357 e. The molecule has 1 saturated heterocycles. The van der Waals surface area contributed by atoms with E-state index in [1.165, 1.54) is 12.8 Å². The van der Waals surface area contributed by atoms with Crippen LogP contribution in [-0.4, -0.2) is 37.6 Å². The first-order chi connectivity index (χ1) is 8.79. The van der Waals surface area contributed by atoms with E-state index in [1.807, 2.05) is 18.3 Å². The molecule has 19 heavy (non-hydrogen) atoms. The van der Waals surface area contributed by atoms with Gasteiger partial charge in [0.1, 0.15) is 5.82 Å². The van der Waals surface area contributed by atoms with Gasteiger partial charge in [0.05, 0.1) is 6.54 Å². The van der Waals surface area contributed by atoms with Crippen molar-refractivity contribution in [3.8, 4) is 0 Å². The van der Waals surface area contributed by atoms with Gasteiger partial charge in [-0.05, 0) is 31.5 Å². The number of nitrogens with zero attached hydrogens (tertiary/aromatic N) is 2. The van der Waals surface area contributed by atoms with E-state index in [1.54, 1.807) is 7.05 Å². The number of carbonyl (C=O) groups is 1. The fourth-order valence-electron chi connectivity index (χ4n) is 2.08. The van der Waals surface area contributed by atoms with Crippen molar-refractivity contribution in [2.45, 2.75) is 19.4 Å². The molecule has 2 heterocycles. The third kappa shape index (κ3) is 4.69. The minimum Gasteiger partial charge on any atom is -0.357 e. The summed E-state index contributed by atoms with van der Waals surface area (Å²) >= 11 is 0. The number of amides is 1. The van der Waals surface area contributed by atoms with E-state index < -0.39 is 0 Å². The van der Waals surface area contributed by atoms with Crippen molar-refractivity contribution in [2.24, 2.45) is 0 Å². The normalized spacial score (nSPS) is 14.1. The van der Waals surface area contributed by atoms with Crippen LogP contribution in [0.5, 0.6) is 0 Å². The van der Waals surface area contributed by atoms with Crippen molar-refractivity contribution in [1.82, 2.24) is 15.6 Å². The van der Waals surface area contributed by atoms with Crippen molar-refractivity contribution in [2.75, 3.05) is 31.6 Å². The first kappa shape index (κ1) is 15.7. The minimum absolute atomic E-state index is 0. The van der Waals surface area contributed by atoms with Crippen LogP contribution in [0.2, 0.25) is 0 Å². The summed E-state index contributed by atoms with van der Waals surface area (Å²) in [6.45, 7) is 3.09. The molecule has 6 heteroatoms. The zero-order chi connectivity index (χ0) is 12.8. The predicted octanol–water partition coefficient (Wildman–Crippen LogP) is 0.939. The maximum atomic E-state index is 11.3. The lowest BCUT2D eigenvalue weighted by Crippen LogP contribution is -2.31. The van der Waals surface area contributed by atoms with Gasteiger partial charge in [-0.25, -0.2) is 4.98 Å². The maximum Gasteiger partial charge on any atom is 0.234 e. The average molecular weight is 285 g/mol. The number of aromatic nitrogens is 1. The summed E-state index contributed by atoms with van der Waals surface area (Å²) in [5.41, 5.74) is 1.03. The highest BCUT2D eigenvalue weighted by Gasteiger charge is 2.12. The van der Waals surface area contributed by atoms with Gasteiger partial charge in [0.2, 0.25) is 5.91 Å².